The highest BCUT2D eigenvalue weighted by Gasteiger charge is 2.00. The molecule has 4 heteroatoms. The summed E-state index contributed by atoms with van der Waals surface area (Å²) in [7, 11) is 0. The molecule has 0 saturated carbocycles. The number of benzene rings is 1. The fourth-order valence-electron chi connectivity index (χ4n) is 1.29. The first kappa shape index (κ1) is 10.5. The molecular formula is C11H11ClN2S. The maximum absolute atomic E-state index is 6.06. The van der Waals surface area contributed by atoms with Gasteiger partial charge in [-0.05, 0) is 24.6 Å². The van der Waals surface area contributed by atoms with E-state index in [9.17, 15) is 0 Å². The summed E-state index contributed by atoms with van der Waals surface area (Å²) in [5.41, 5.74) is 5.02. The Hall–Kier alpha value is -1.06. The minimum atomic E-state index is 0.715. The molecule has 78 valence electrons. The lowest BCUT2D eigenvalue weighted by atomic mass is 10.2. The average molecular weight is 239 g/mol. The molecule has 0 atom stereocenters. The molecular weight excluding hydrogens is 228 g/mol. The molecule has 15 heavy (non-hydrogen) atoms. The van der Waals surface area contributed by atoms with Crippen LogP contribution in [0.25, 0.3) is 0 Å². The van der Waals surface area contributed by atoms with Crippen LogP contribution in [0.15, 0.2) is 29.1 Å². The summed E-state index contributed by atoms with van der Waals surface area (Å²) in [6.07, 6.45) is 0. The van der Waals surface area contributed by atoms with Gasteiger partial charge in [0.05, 0.1) is 28.5 Å². The largest absolute Gasteiger partial charge is 0.378 e. The van der Waals surface area contributed by atoms with Crippen LogP contribution in [0.4, 0.5) is 5.69 Å². The van der Waals surface area contributed by atoms with Crippen molar-refractivity contribution < 1.29 is 0 Å². The van der Waals surface area contributed by atoms with Gasteiger partial charge in [-0.25, -0.2) is 4.98 Å². The van der Waals surface area contributed by atoms with Crippen molar-refractivity contribution in [3.63, 3.8) is 0 Å². The highest BCUT2D eigenvalue weighted by Crippen LogP contribution is 2.23. The number of thiazole rings is 1. The first-order valence-corrected chi connectivity index (χ1v) is 5.95. The fraction of sp³-hybridized carbons (Fsp3) is 0.182. The highest BCUT2D eigenvalue weighted by atomic mass is 35.5. The highest BCUT2D eigenvalue weighted by molar-refractivity contribution is 7.07. The zero-order valence-corrected chi connectivity index (χ0v) is 9.90. The maximum atomic E-state index is 6.06. The molecule has 0 fully saturated rings. The summed E-state index contributed by atoms with van der Waals surface area (Å²) < 4.78 is 0. The van der Waals surface area contributed by atoms with E-state index in [0.29, 0.717) is 6.54 Å². The number of aromatic nitrogens is 1. The second-order valence-electron chi connectivity index (χ2n) is 3.32. The molecule has 1 aromatic heterocycles. The molecule has 1 heterocycles. The van der Waals surface area contributed by atoms with Gasteiger partial charge >= 0.3 is 0 Å². The molecule has 1 N–H and O–H groups in total. The van der Waals surface area contributed by atoms with E-state index in [1.54, 1.807) is 11.3 Å². The Bertz CT molecular complexity index is 440. The van der Waals surface area contributed by atoms with Crippen LogP contribution >= 0.6 is 22.9 Å². The van der Waals surface area contributed by atoms with Crippen LogP contribution in [0, 0.1) is 6.92 Å². The Kier molecular flexibility index (Phi) is 3.23. The first-order valence-electron chi connectivity index (χ1n) is 4.63. The van der Waals surface area contributed by atoms with Crippen molar-refractivity contribution in [1.29, 1.82) is 0 Å². The molecule has 0 aliphatic heterocycles. The maximum Gasteiger partial charge on any atom is 0.0795 e. The van der Waals surface area contributed by atoms with Crippen LogP contribution in [0.1, 0.15) is 11.3 Å². The molecule has 0 unspecified atom stereocenters. The normalized spacial score (nSPS) is 10.3. The Morgan fingerprint density at radius 1 is 1.47 bits per heavy atom. The second-order valence-corrected chi connectivity index (χ2v) is 4.44. The zero-order chi connectivity index (χ0) is 10.7. The number of nitrogens with one attached hydrogen (secondary N) is 1. The summed E-state index contributed by atoms with van der Waals surface area (Å²) in [6, 6.07) is 5.94. The van der Waals surface area contributed by atoms with E-state index >= 15 is 0 Å². The van der Waals surface area contributed by atoms with Crippen LogP contribution in [-0.4, -0.2) is 4.98 Å². The number of nitrogens with zero attached hydrogens (tertiary/aromatic N) is 1. The topological polar surface area (TPSA) is 24.9 Å². The van der Waals surface area contributed by atoms with Gasteiger partial charge in [-0.2, -0.15) is 0 Å². The summed E-state index contributed by atoms with van der Waals surface area (Å²) >= 11 is 7.65. The standard InChI is InChI=1S/C11H11ClN2S/c1-8-2-3-10(12)11(4-8)13-5-9-6-15-7-14-9/h2-4,6-7,13H,5H2,1H3. The third kappa shape index (κ3) is 2.70. The molecule has 0 spiro atoms. The van der Waals surface area contributed by atoms with Gasteiger partial charge in [-0.3, -0.25) is 0 Å². The molecule has 2 aromatic rings. The quantitative estimate of drug-likeness (QED) is 0.882. The molecule has 0 bridgehead atoms. The third-order valence-electron chi connectivity index (χ3n) is 2.07. The van der Waals surface area contributed by atoms with Crippen LogP contribution in [-0.2, 0) is 6.54 Å². The lowest BCUT2D eigenvalue weighted by Gasteiger charge is -2.07. The number of hydrogen-bond donors (Lipinski definition) is 1. The number of hydrogen-bond acceptors (Lipinski definition) is 3. The monoisotopic (exact) mass is 238 g/mol. The van der Waals surface area contributed by atoms with Crippen molar-refractivity contribution in [2.75, 3.05) is 5.32 Å². The average Bonchev–Trinajstić information content (AvgIpc) is 2.72. The van der Waals surface area contributed by atoms with Crippen LogP contribution in [0.2, 0.25) is 5.02 Å². The van der Waals surface area contributed by atoms with Gasteiger partial charge in [-0.15, -0.1) is 11.3 Å². The van der Waals surface area contributed by atoms with Crippen molar-refractivity contribution >= 4 is 28.6 Å². The molecule has 0 aliphatic rings. The van der Waals surface area contributed by atoms with Crippen molar-refractivity contribution in [3.8, 4) is 0 Å². The summed E-state index contributed by atoms with van der Waals surface area (Å²) in [4.78, 5) is 4.20. The van der Waals surface area contributed by atoms with Gasteiger partial charge in [0, 0.05) is 5.38 Å². The second kappa shape index (κ2) is 4.64. The van der Waals surface area contributed by atoms with E-state index in [0.717, 1.165) is 16.4 Å². The summed E-state index contributed by atoms with van der Waals surface area (Å²) in [6.45, 7) is 2.76. The Morgan fingerprint density at radius 2 is 2.33 bits per heavy atom. The van der Waals surface area contributed by atoms with Gasteiger partial charge in [0.25, 0.3) is 0 Å². The van der Waals surface area contributed by atoms with Crippen LogP contribution < -0.4 is 5.32 Å². The van der Waals surface area contributed by atoms with Gasteiger partial charge < -0.3 is 5.32 Å². The lowest BCUT2D eigenvalue weighted by Crippen LogP contribution is -2.00. The van der Waals surface area contributed by atoms with Gasteiger partial charge in [0.15, 0.2) is 0 Å². The molecule has 0 aliphatic carbocycles. The van der Waals surface area contributed by atoms with Crippen LogP contribution in [0.5, 0.6) is 0 Å². The Labute approximate surface area is 97.9 Å². The van der Waals surface area contributed by atoms with E-state index in [2.05, 4.69) is 10.3 Å². The number of aryl methyl sites for hydroxylation is 1. The van der Waals surface area contributed by atoms with E-state index in [-0.39, 0.29) is 0 Å². The minimum absolute atomic E-state index is 0.715. The molecule has 0 radical (unpaired) electrons. The molecule has 2 rings (SSSR count). The van der Waals surface area contributed by atoms with E-state index in [1.165, 1.54) is 5.56 Å². The smallest absolute Gasteiger partial charge is 0.0795 e. The lowest BCUT2D eigenvalue weighted by molar-refractivity contribution is 1.07. The molecule has 0 amide bonds. The molecule has 1 aromatic carbocycles. The van der Waals surface area contributed by atoms with Crippen molar-refractivity contribution in [2.45, 2.75) is 13.5 Å². The van der Waals surface area contributed by atoms with Gasteiger partial charge in [-0.1, -0.05) is 17.7 Å². The van der Waals surface area contributed by atoms with E-state index < -0.39 is 0 Å². The fourth-order valence-corrected chi connectivity index (χ4v) is 2.03. The van der Waals surface area contributed by atoms with Crippen molar-refractivity contribution in [2.24, 2.45) is 0 Å². The number of anilines is 1. The van der Waals surface area contributed by atoms with Crippen molar-refractivity contribution in [3.05, 3.63) is 45.4 Å². The van der Waals surface area contributed by atoms with Gasteiger partial charge in [0.2, 0.25) is 0 Å². The van der Waals surface area contributed by atoms with E-state index in [4.69, 9.17) is 11.6 Å². The molecule has 2 nitrogen and oxygen atoms in total. The Balaban J connectivity index is 2.07. The predicted molar refractivity (Wildman–Crippen MR) is 65.6 cm³/mol. The van der Waals surface area contributed by atoms with Gasteiger partial charge in [0.1, 0.15) is 0 Å². The first-order chi connectivity index (χ1) is 7.25. The Morgan fingerprint density at radius 3 is 3.07 bits per heavy atom. The molecule has 0 saturated heterocycles. The number of rotatable bonds is 3. The predicted octanol–water partition coefficient (Wildman–Crippen LogP) is 3.72. The van der Waals surface area contributed by atoms with Crippen LogP contribution in [0.3, 0.4) is 0 Å². The summed E-state index contributed by atoms with van der Waals surface area (Å²) in [5.74, 6) is 0. The zero-order valence-electron chi connectivity index (χ0n) is 8.33. The summed E-state index contributed by atoms with van der Waals surface area (Å²) in [5, 5.41) is 6.04. The van der Waals surface area contributed by atoms with Crippen molar-refractivity contribution in [1.82, 2.24) is 4.98 Å². The minimum Gasteiger partial charge on any atom is -0.378 e. The third-order valence-corrected chi connectivity index (χ3v) is 3.03. The van der Waals surface area contributed by atoms with E-state index in [1.807, 2.05) is 36.0 Å². The SMILES string of the molecule is Cc1ccc(Cl)c(NCc2cscn2)c1. The number of halogens is 1.